The number of aromatic amines is 1. The first kappa shape index (κ1) is 27.2. The molecule has 0 saturated carbocycles. The molecule has 3 aromatic carbocycles. The van der Waals surface area contributed by atoms with Gasteiger partial charge < -0.3 is 19.5 Å². The highest BCUT2D eigenvalue weighted by Crippen LogP contribution is 2.26. The molecule has 0 unspecified atom stereocenters. The Kier molecular flexibility index (Phi) is 9.38. The number of rotatable bonds is 13. The van der Waals surface area contributed by atoms with Crippen molar-refractivity contribution in [1.82, 2.24) is 10.2 Å². The van der Waals surface area contributed by atoms with Crippen LogP contribution >= 0.6 is 0 Å². The van der Waals surface area contributed by atoms with Gasteiger partial charge in [-0.05, 0) is 66.1 Å². The zero-order chi connectivity index (χ0) is 26.8. The fourth-order valence-corrected chi connectivity index (χ4v) is 3.98. The Morgan fingerprint density at radius 1 is 0.868 bits per heavy atom. The number of ether oxygens (including phenoxy) is 3. The van der Waals surface area contributed by atoms with E-state index in [1.54, 1.807) is 0 Å². The van der Waals surface area contributed by atoms with E-state index < -0.39 is 0 Å². The minimum atomic E-state index is -0.279. The summed E-state index contributed by atoms with van der Waals surface area (Å²) in [6, 6.07) is 23.7. The van der Waals surface area contributed by atoms with Crippen LogP contribution in [0.3, 0.4) is 0 Å². The van der Waals surface area contributed by atoms with Gasteiger partial charge in [-0.25, -0.2) is 0 Å². The molecule has 4 rings (SSSR count). The number of unbranched alkanes of at least 4 members (excludes halogenated alkanes) is 2. The van der Waals surface area contributed by atoms with Gasteiger partial charge >= 0.3 is 0 Å². The smallest absolute Gasteiger partial charge is 0.263 e. The lowest BCUT2D eigenvalue weighted by Crippen LogP contribution is -2.20. The van der Waals surface area contributed by atoms with E-state index in [1.807, 2.05) is 60.7 Å². The van der Waals surface area contributed by atoms with E-state index in [1.165, 1.54) is 11.1 Å². The third-order valence-corrected chi connectivity index (χ3v) is 6.20. The number of carbonyl (C=O) groups is 1. The lowest BCUT2D eigenvalue weighted by molar-refractivity contribution is -0.118. The van der Waals surface area contributed by atoms with Crippen LogP contribution < -0.4 is 14.8 Å². The molecule has 200 valence electrons. The molecule has 7 heteroatoms. The molecule has 1 aromatic heterocycles. The topological polar surface area (TPSA) is 85.5 Å². The van der Waals surface area contributed by atoms with E-state index in [9.17, 15) is 4.79 Å². The summed E-state index contributed by atoms with van der Waals surface area (Å²) in [5, 5.41) is 10.8. The number of amides is 1. The second kappa shape index (κ2) is 13.1. The van der Waals surface area contributed by atoms with Gasteiger partial charge in [0.1, 0.15) is 11.5 Å². The number of hydrogen-bond acceptors (Lipinski definition) is 5. The van der Waals surface area contributed by atoms with Crippen molar-refractivity contribution < 1.29 is 19.0 Å². The van der Waals surface area contributed by atoms with E-state index in [2.05, 4.69) is 48.4 Å². The number of carbonyl (C=O) groups excluding carboxylic acids is 1. The predicted molar refractivity (Wildman–Crippen MR) is 151 cm³/mol. The predicted octanol–water partition coefficient (Wildman–Crippen LogP) is 6.64. The SMILES string of the molecule is CC(C)(C)c1ccc(OCC(=O)Nc2n[nH]c3ccc(OCCCCCOCc4ccccc4)cc23)cc1. The minimum absolute atomic E-state index is 0.0665. The Balaban J connectivity index is 1.18. The van der Waals surface area contributed by atoms with Crippen LogP contribution in [0.25, 0.3) is 10.9 Å². The van der Waals surface area contributed by atoms with Gasteiger partial charge in [0, 0.05) is 12.0 Å². The standard InChI is InChI=1S/C31H37N3O4/c1-31(2,3)24-12-14-25(15-13-24)38-22-29(35)32-30-27-20-26(16-17-28(27)33-34-30)37-19-9-5-8-18-36-21-23-10-6-4-7-11-23/h4,6-7,10-17,20H,5,8-9,18-19,21-22H2,1-3H3,(H2,32,33,34,35). The number of benzene rings is 3. The Morgan fingerprint density at radius 2 is 1.61 bits per heavy atom. The van der Waals surface area contributed by atoms with Gasteiger partial charge in [0.25, 0.3) is 5.91 Å². The van der Waals surface area contributed by atoms with Crippen LogP contribution in [0.2, 0.25) is 0 Å². The first-order valence-corrected chi connectivity index (χ1v) is 13.1. The zero-order valence-electron chi connectivity index (χ0n) is 22.5. The Morgan fingerprint density at radius 3 is 2.37 bits per heavy atom. The molecular formula is C31H37N3O4. The molecule has 0 aliphatic carbocycles. The Hall–Kier alpha value is -3.84. The van der Waals surface area contributed by atoms with E-state index in [0.29, 0.717) is 24.8 Å². The van der Waals surface area contributed by atoms with Crippen molar-refractivity contribution in [2.45, 2.75) is 52.1 Å². The van der Waals surface area contributed by atoms with Gasteiger partial charge in [0.05, 0.1) is 18.7 Å². The molecule has 0 radical (unpaired) electrons. The first-order chi connectivity index (χ1) is 18.4. The Labute approximate surface area is 224 Å². The van der Waals surface area contributed by atoms with Crippen molar-refractivity contribution in [1.29, 1.82) is 0 Å². The van der Waals surface area contributed by atoms with E-state index in [0.717, 1.165) is 42.5 Å². The highest BCUT2D eigenvalue weighted by Gasteiger charge is 2.14. The summed E-state index contributed by atoms with van der Waals surface area (Å²) >= 11 is 0. The normalized spacial score (nSPS) is 11.4. The van der Waals surface area contributed by atoms with Gasteiger partial charge in [-0.2, -0.15) is 5.10 Å². The van der Waals surface area contributed by atoms with Crippen molar-refractivity contribution in [2.75, 3.05) is 25.1 Å². The van der Waals surface area contributed by atoms with Crippen LogP contribution in [0, 0.1) is 0 Å². The molecule has 4 aromatic rings. The Bertz CT molecular complexity index is 1290. The number of anilines is 1. The second-order valence-corrected chi connectivity index (χ2v) is 10.3. The molecule has 0 bridgehead atoms. The molecule has 0 atom stereocenters. The van der Waals surface area contributed by atoms with Crippen molar-refractivity contribution in [3.05, 3.63) is 83.9 Å². The molecule has 2 N–H and O–H groups in total. The van der Waals surface area contributed by atoms with E-state index in [-0.39, 0.29) is 17.9 Å². The largest absolute Gasteiger partial charge is 0.494 e. The summed E-state index contributed by atoms with van der Waals surface area (Å²) in [7, 11) is 0. The second-order valence-electron chi connectivity index (χ2n) is 10.3. The van der Waals surface area contributed by atoms with Gasteiger partial charge in [-0.1, -0.05) is 63.2 Å². The van der Waals surface area contributed by atoms with Crippen molar-refractivity contribution in [3.63, 3.8) is 0 Å². The first-order valence-electron chi connectivity index (χ1n) is 13.1. The average Bonchev–Trinajstić information content (AvgIpc) is 3.31. The molecule has 0 aliphatic rings. The number of H-pyrrole nitrogens is 1. The monoisotopic (exact) mass is 515 g/mol. The summed E-state index contributed by atoms with van der Waals surface area (Å²) in [5.41, 5.74) is 3.29. The quantitative estimate of drug-likeness (QED) is 0.195. The van der Waals surface area contributed by atoms with Crippen LogP contribution in [0.5, 0.6) is 11.5 Å². The van der Waals surface area contributed by atoms with Crippen LogP contribution in [-0.4, -0.2) is 35.9 Å². The molecule has 7 nitrogen and oxygen atoms in total. The number of nitrogens with one attached hydrogen (secondary N) is 2. The third kappa shape index (κ3) is 8.08. The minimum Gasteiger partial charge on any atom is -0.494 e. The van der Waals surface area contributed by atoms with Crippen LogP contribution in [-0.2, 0) is 21.6 Å². The van der Waals surface area contributed by atoms with Crippen LogP contribution in [0.4, 0.5) is 5.82 Å². The molecule has 0 saturated heterocycles. The fraction of sp³-hybridized carbons (Fsp3) is 0.355. The summed E-state index contributed by atoms with van der Waals surface area (Å²) in [6.45, 7) is 8.38. The van der Waals surface area contributed by atoms with E-state index >= 15 is 0 Å². The van der Waals surface area contributed by atoms with Crippen molar-refractivity contribution >= 4 is 22.6 Å². The molecular weight excluding hydrogens is 478 g/mol. The molecule has 1 amide bonds. The van der Waals surface area contributed by atoms with Gasteiger partial charge in [0.2, 0.25) is 0 Å². The molecule has 0 fully saturated rings. The highest BCUT2D eigenvalue weighted by atomic mass is 16.5. The number of fused-ring (bicyclic) bond motifs is 1. The van der Waals surface area contributed by atoms with Crippen molar-refractivity contribution in [2.24, 2.45) is 0 Å². The zero-order valence-corrected chi connectivity index (χ0v) is 22.5. The average molecular weight is 516 g/mol. The maximum Gasteiger partial charge on any atom is 0.263 e. The highest BCUT2D eigenvalue weighted by molar-refractivity contribution is 6.00. The number of hydrogen-bond donors (Lipinski definition) is 2. The maximum atomic E-state index is 12.5. The van der Waals surface area contributed by atoms with Crippen LogP contribution in [0.1, 0.15) is 51.2 Å². The van der Waals surface area contributed by atoms with Crippen molar-refractivity contribution in [3.8, 4) is 11.5 Å². The number of nitrogens with zero attached hydrogens (tertiary/aromatic N) is 1. The maximum absolute atomic E-state index is 12.5. The lowest BCUT2D eigenvalue weighted by atomic mass is 9.87. The van der Waals surface area contributed by atoms with E-state index in [4.69, 9.17) is 14.2 Å². The van der Waals surface area contributed by atoms with Gasteiger partial charge in [0.15, 0.2) is 12.4 Å². The lowest BCUT2D eigenvalue weighted by Gasteiger charge is -2.19. The summed E-state index contributed by atoms with van der Waals surface area (Å²) in [4.78, 5) is 12.5. The summed E-state index contributed by atoms with van der Waals surface area (Å²) in [5.74, 6) is 1.57. The third-order valence-electron chi connectivity index (χ3n) is 6.20. The molecule has 0 aliphatic heterocycles. The van der Waals surface area contributed by atoms with Crippen LogP contribution in [0.15, 0.2) is 72.8 Å². The fourth-order valence-electron chi connectivity index (χ4n) is 3.98. The summed E-state index contributed by atoms with van der Waals surface area (Å²) in [6.07, 6.45) is 2.97. The van der Waals surface area contributed by atoms with Gasteiger partial charge in [-0.3, -0.25) is 9.89 Å². The summed E-state index contributed by atoms with van der Waals surface area (Å²) < 4.78 is 17.3. The number of aromatic nitrogens is 2. The molecule has 1 heterocycles. The van der Waals surface area contributed by atoms with Gasteiger partial charge in [-0.15, -0.1) is 0 Å². The molecule has 0 spiro atoms. The molecule has 38 heavy (non-hydrogen) atoms.